The number of rotatable bonds is 6. The molecule has 0 aromatic heterocycles. The summed E-state index contributed by atoms with van der Waals surface area (Å²) in [4.78, 5) is 2.11. The highest BCUT2D eigenvalue weighted by Crippen LogP contribution is 2.21. The second-order valence-corrected chi connectivity index (χ2v) is 5.07. The minimum Gasteiger partial charge on any atom is -0.384 e. The number of ether oxygens (including phenoxy) is 1. The van der Waals surface area contributed by atoms with E-state index in [-0.39, 0.29) is 11.4 Å². The second kappa shape index (κ2) is 5.87. The molecule has 4 heteroatoms. The molecule has 1 aromatic carbocycles. The molecule has 0 amide bonds. The highest BCUT2D eigenvalue weighted by Gasteiger charge is 2.18. The lowest BCUT2D eigenvalue weighted by molar-refractivity contribution is 0.0174. The number of nitrogens with one attached hydrogen (secondary N) is 1. The molecule has 0 aliphatic carbocycles. The fourth-order valence-corrected chi connectivity index (χ4v) is 1.69. The van der Waals surface area contributed by atoms with Crippen LogP contribution >= 0.6 is 0 Å². The number of para-hydroxylation sites is 1. The molecule has 0 aliphatic heterocycles. The van der Waals surface area contributed by atoms with Crippen molar-refractivity contribution in [3.05, 3.63) is 29.8 Å². The molecule has 0 saturated carbocycles. The van der Waals surface area contributed by atoms with E-state index >= 15 is 0 Å². The van der Waals surface area contributed by atoms with Crippen LogP contribution in [0.25, 0.3) is 0 Å². The van der Waals surface area contributed by atoms with Gasteiger partial charge in [-0.2, -0.15) is 0 Å². The molecule has 4 nitrogen and oxygen atoms in total. The normalized spacial score (nSPS) is 11.3. The van der Waals surface area contributed by atoms with E-state index in [1.807, 2.05) is 31.3 Å². The molecule has 100 valence electrons. The second-order valence-electron chi connectivity index (χ2n) is 5.07. The predicted octanol–water partition coefficient (Wildman–Crippen LogP) is 2.22. The molecular weight excluding hydrogens is 226 g/mol. The van der Waals surface area contributed by atoms with E-state index in [1.54, 1.807) is 7.11 Å². The zero-order valence-corrected chi connectivity index (χ0v) is 11.7. The largest absolute Gasteiger partial charge is 0.384 e. The highest BCUT2D eigenvalue weighted by atomic mass is 16.5. The van der Waals surface area contributed by atoms with E-state index in [0.717, 1.165) is 24.2 Å². The molecule has 0 spiro atoms. The lowest BCUT2D eigenvalue weighted by atomic mass is 10.0. The topological polar surface area (TPSA) is 62.3 Å². The third-order valence-corrected chi connectivity index (χ3v) is 3.21. The number of nitrogens with two attached hydrogens (primary N) is 1. The number of anilines is 1. The van der Waals surface area contributed by atoms with Crippen LogP contribution < -0.4 is 10.6 Å². The summed E-state index contributed by atoms with van der Waals surface area (Å²) >= 11 is 0. The molecule has 0 radical (unpaired) electrons. The van der Waals surface area contributed by atoms with E-state index in [9.17, 15) is 0 Å². The quantitative estimate of drug-likeness (QED) is 0.600. The van der Waals surface area contributed by atoms with Crippen molar-refractivity contribution in [2.45, 2.75) is 25.9 Å². The molecule has 1 aromatic rings. The minimum atomic E-state index is -0.139. The first-order chi connectivity index (χ1) is 8.37. The summed E-state index contributed by atoms with van der Waals surface area (Å²) < 4.78 is 5.41. The predicted molar refractivity (Wildman–Crippen MR) is 76.4 cm³/mol. The van der Waals surface area contributed by atoms with Crippen LogP contribution in [0, 0.1) is 5.41 Å². The molecule has 0 atom stereocenters. The molecule has 0 bridgehead atoms. The molecule has 0 heterocycles. The maximum Gasteiger partial charge on any atom is 0.124 e. The van der Waals surface area contributed by atoms with Crippen LogP contribution in [0.1, 0.15) is 25.8 Å². The molecule has 18 heavy (non-hydrogen) atoms. The Morgan fingerprint density at radius 2 is 2.00 bits per heavy atom. The zero-order valence-electron chi connectivity index (χ0n) is 11.7. The van der Waals surface area contributed by atoms with Gasteiger partial charge >= 0.3 is 0 Å². The number of amidine groups is 1. The van der Waals surface area contributed by atoms with Gasteiger partial charge in [-0.1, -0.05) is 12.1 Å². The van der Waals surface area contributed by atoms with Gasteiger partial charge in [0.2, 0.25) is 0 Å². The van der Waals surface area contributed by atoms with Gasteiger partial charge in [0.15, 0.2) is 0 Å². The maximum absolute atomic E-state index is 7.59. The number of methoxy groups -OCH3 is 1. The van der Waals surface area contributed by atoms with Crippen molar-refractivity contribution >= 4 is 11.5 Å². The van der Waals surface area contributed by atoms with Crippen LogP contribution in [-0.4, -0.2) is 32.1 Å². The SMILES string of the molecule is COC(C)(C)CCN(C)c1ccccc1C(=N)N. The van der Waals surface area contributed by atoms with Crippen molar-refractivity contribution in [1.29, 1.82) is 5.41 Å². The maximum atomic E-state index is 7.59. The Morgan fingerprint density at radius 3 is 2.56 bits per heavy atom. The number of benzene rings is 1. The van der Waals surface area contributed by atoms with Gasteiger partial charge in [0.25, 0.3) is 0 Å². The van der Waals surface area contributed by atoms with E-state index in [2.05, 4.69) is 18.7 Å². The summed E-state index contributed by atoms with van der Waals surface area (Å²) in [5.74, 6) is 0.100. The Labute approximate surface area is 109 Å². The average Bonchev–Trinajstić information content (AvgIpc) is 2.36. The van der Waals surface area contributed by atoms with E-state index in [1.165, 1.54) is 0 Å². The molecule has 0 unspecified atom stereocenters. The summed E-state index contributed by atoms with van der Waals surface area (Å²) in [6, 6.07) is 7.71. The monoisotopic (exact) mass is 249 g/mol. The number of hydrogen-bond donors (Lipinski definition) is 2. The number of nitrogen functional groups attached to an aromatic ring is 1. The highest BCUT2D eigenvalue weighted by molar-refractivity contribution is 6.00. The van der Waals surface area contributed by atoms with Gasteiger partial charge in [-0.25, -0.2) is 0 Å². The van der Waals surface area contributed by atoms with Crippen molar-refractivity contribution in [2.75, 3.05) is 25.6 Å². The van der Waals surface area contributed by atoms with Crippen LogP contribution in [0.15, 0.2) is 24.3 Å². The summed E-state index contributed by atoms with van der Waals surface area (Å²) in [6.07, 6.45) is 0.909. The minimum absolute atomic E-state index is 0.100. The van der Waals surface area contributed by atoms with Crippen LogP contribution in [0.4, 0.5) is 5.69 Å². The molecule has 3 N–H and O–H groups in total. The molecule has 0 aliphatic rings. The molecular formula is C14H23N3O. The van der Waals surface area contributed by atoms with Gasteiger partial charge in [0.1, 0.15) is 5.84 Å². The Balaban J connectivity index is 2.79. The van der Waals surface area contributed by atoms with Gasteiger partial charge in [0, 0.05) is 32.0 Å². The lowest BCUT2D eigenvalue weighted by Crippen LogP contribution is -2.31. The smallest absolute Gasteiger partial charge is 0.124 e. The van der Waals surface area contributed by atoms with Crippen LogP contribution in [-0.2, 0) is 4.74 Å². The van der Waals surface area contributed by atoms with Gasteiger partial charge in [-0.05, 0) is 32.4 Å². The van der Waals surface area contributed by atoms with Crippen molar-refractivity contribution in [2.24, 2.45) is 5.73 Å². The van der Waals surface area contributed by atoms with E-state index in [4.69, 9.17) is 15.9 Å². The number of nitrogens with zero attached hydrogens (tertiary/aromatic N) is 1. The molecule has 0 saturated heterocycles. The Bertz CT molecular complexity index is 415. The van der Waals surface area contributed by atoms with E-state index < -0.39 is 0 Å². The van der Waals surface area contributed by atoms with Crippen LogP contribution in [0.5, 0.6) is 0 Å². The summed E-state index contributed by atoms with van der Waals surface area (Å²) in [7, 11) is 3.73. The number of hydrogen-bond acceptors (Lipinski definition) is 3. The average molecular weight is 249 g/mol. The van der Waals surface area contributed by atoms with Crippen molar-refractivity contribution in [3.8, 4) is 0 Å². The van der Waals surface area contributed by atoms with Gasteiger partial charge < -0.3 is 15.4 Å². The fourth-order valence-electron chi connectivity index (χ4n) is 1.69. The van der Waals surface area contributed by atoms with Gasteiger partial charge in [0.05, 0.1) is 5.60 Å². The van der Waals surface area contributed by atoms with Gasteiger partial charge in [-0.15, -0.1) is 0 Å². The van der Waals surface area contributed by atoms with Crippen LogP contribution in [0.2, 0.25) is 0 Å². The Hall–Kier alpha value is -1.55. The summed E-state index contributed by atoms with van der Waals surface area (Å²) in [5, 5.41) is 7.59. The molecule has 1 rings (SSSR count). The zero-order chi connectivity index (χ0) is 13.8. The summed E-state index contributed by atoms with van der Waals surface area (Å²) in [5.41, 5.74) is 7.21. The van der Waals surface area contributed by atoms with E-state index in [0.29, 0.717) is 0 Å². The third-order valence-electron chi connectivity index (χ3n) is 3.21. The van der Waals surface area contributed by atoms with Crippen LogP contribution in [0.3, 0.4) is 0 Å². The Morgan fingerprint density at radius 1 is 1.39 bits per heavy atom. The Kier molecular flexibility index (Phi) is 4.73. The first kappa shape index (κ1) is 14.5. The lowest BCUT2D eigenvalue weighted by Gasteiger charge is -2.28. The fraction of sp³-hybridized carbons (Fsp3) is 0.500. The van der Waals surface area contributed by atoms with Crippen molar-refractivity contribution in [3.63, 3.8) is 0 Å². The van der Waals surface area contributed by atoms with Crippen molar-refractivity contribution in [1.82, 2.24) is 0 Å². The first-order valence-electron chi connectivity index (χ1n) is 6.07. The molecule has 0 fully saturated rings. The first-order valence-corrected chi connectivity index (χ1v) is 6.07. The van der Waals surface area contributed by atoms with Gasteiger partial charge in [-0.3, -0.25) is 5.41 Å². The summed E-state index contributed by atoms with van der Waals surface area (Å²) in [6.45, 7) is 4.99. The standard InChI is InChI=1S/C14H23N3O/c1-14(2,18-4)9-10-17(3)12-8-6-5-7-11(12)13(15)16/h5-8H,9-10H2,1-4H3,(H3,15,16). The third kappa shape index (κ3) is 3.74. The van der Waals surface area contributed by atoms with Crippen molar-refractivity contribution < 1.29 is 4.74 Å².